The van der Waals surface area contributed by atoms with Gasteiger partial charge < -0.3 is 10.1 Å². The number of carboxylic acids is 1. The summed E-state index contributed by atoms with van der Waals surface area (Å²) in [5.41, 5.74) is 0.530. The molecule has 0 aromatic carbocycles. The van der Waals surface area contributed by atoms with Crippen LogP contribution < -0.4 is 0 Å². The fraction of sp³-hybridized carbons (Fsp3) is 0.100. The van der Waals surface area contributed by atoms with Crippen LogP contribution in [0.5, 0.6) is 0 Å². The number of carboxylic acid groups (broad SMARTS) is 1. The molecule has 0 aliphatic rings. The lowest BCUT2D eigenvalue weighted by atomic mass is 10.3. The second kappa shape index (κ2) is 3.90. The Morgan fingerprint density at radius 1 is 1.50 bits per heavy atom. The van der Waals surface area contributed by atoms with Crippen LogP contribution in [0.3, 0.4) is 0 Å². The van der Waals surface area contributed by atoms with Crippen LogP contribution in [0.2, 0.25) is 0 Å². The van der Waals surface area contributed by atoms with E-state index < -0.39 is 5.97 Å². The lowest BCUT2D eigenvalue weighted by molar-refractivity contribution is 0.0687. The zero-order valence-electron chi connectivity index (χ0n) is 8.35. The summed E-state index contributed by atoms with van der Waals surface area (Å²) >= 11 is 1.08. The fourth-order valence-electron chi connectivity index (χ4n) is 1.28. The molecule has 0 unspecified atom stereocenters. The first-order valence-electron chi connectivity index (χ1n) is 4.48. The van der Waals surface area contributed by atoms with E-state index >= 15 is 0 Å². The van der Waals surface area contributed by atoms with Gasteiger partial charge in [-0.15, -0.1) is 11.3 Å². The quantitative estimate of drug-likeness (QED) is 0.799. The van der Waals surface area contributed by atoms with Crippen molar-refractivity contribution in [3.8, 4) is 10.7 Å². The molecule has 0 aliphatic heterocycles. The van der Waals surface area contributed by atoms with Gasteiger partial charge in [-0.25, -0.2) is 9.78 Å². The van der Waals surface area contributed by atoms with Crippen LogP contribution in [0.4, 0.5) is 0 Å². The van der Waals surface area contributed by atoms with Crippen molar-refractivity contribution in [1.82, 2.24) is 9.97 Å². The van der Waals surface area contributed by atoms with Crippen molar-refractivity contribution in [2.45, 2.75) is 6.92 Å². The Labute approximate surface area is 94.8 Å². The third kappa shape index (κ3) is 1.74. The van der Waals surface area contributed by atoms with Gasteiger partial charge in [-0.3, -0.25) is 4.79 Å². The topological polar surface area (TPSA) is 83.0 Å². The molecular weight excluding hydrogens is 228 g/mol. The highest BCUT2D eigenvalue weighted by molar-refractivity contribution is 7.17. The number of thiazole rings is 1. The average molecular weight is 236 g/mol. The smallest absolute Gasteiger partial charge is 0.356 e. The van der Waals surface area contributed by atoms with E-state index in [1.165, 1.54) is 6.92 Å². The lowest BCUT2D eigenvalue weighted by Crippen LogP contribution is -2.03. The lowest BCUT2D eigenvalue weighted by Gasteiger charge is -1.89. The van der Waals surface area contributed by atoms with Crippen molar-refractivity contribution in [3.05, 3.63) is 28.9 Å². The summed E-state index contributed by atoms with van der Waals surface area (Å²) < 4.78 is 0. The van der Waals surface area contributed by atoms with Crippen LogP contribution in [0.15, 0.2) is 18.3 Å². The van der Waals surface area contributed by atoms with Crippen LogP contribution >= 0.6 is 11.3 Å². The third-order valence-electron chi connectivity index (χ3n) is 1.98. The zero-order valence-corrected chi connectivity index (χ0v) is 9.17. The molecule has 0 bridgehead atoms. The maximum Gasteiger partial charge on any atom is 0.356 e. The summed E-state index contributed by atoms with van der Waals surface area (Å²) in [6.07, 6.45) is 1.71. The van der Waals surface area contributed by atoms with Gasteiger partial charge in [0.1, 0.15) is 9.88 Å². The maximum absolute atomic E-state index is 11.3. The SMILES string of the molecule is CC(=O)c1sc(-c2ccc[nH]2)nc1C(=O)O. The first kappa shape index (κ1) is 10.6. The molecular formula is C10H8N2O3S. The molecule has 0 radical (unpaired) electrons. The number of ketones is 1. The van der Waals surface area contributed by atoms with Gasteiger partial charge >= 0.3 is 5.97 Å². The average Bonchev–Trinajstić information content (AvgIpc) is 2.86. The number of aromatic nitrogens is 2. The Morgan fingerprint density at radius 3 is 2.69 bits per heavy atom. The molecule has 0 saturated carbocycles. The van der Waals surface area contributed by atoms with Gasteiger partial charge in [0.2, 0.25) is 0 Å². The number of rotatable bonds is 3. The van der Waals surface area contributed by atoms with Crippen LogP contribution in [-0.4, -0.2) is 26.8 Å². The molecule has 82 valence electrons. The van der Waals surface area contributed by atoms with Crippen LogP contribution in [0, 0.1) is 0 Å². The van der Waals surface area contributed by atoms with Gasteiger partial charge in [0.25, 0.3) is 0 Å². The predicted molar refractivity (Wildman–Crippen MR) is 58.9 cm³/mol. The zero-order chi connectivity index (χ0) is 11.7. The fourth-order valence-corrected chi connectivity index (χ4v) is 2.22. The van der Waals surface area contributed by atoms with Crippen molar-refractivity contribution in [2.24, 2.45) is 0 Å². The molecule has 2 aromatic rings. The summed E-state index contributed by atoms with van der Waals surface area (Å²) in [6.45, 7) is 1.33. The second-order valence-electron chi connectivity index (χ2n) is 3.14. The molecule has 0 amide bonds. The highest BCUT2D eigenvalue weighted by atomic mass is 32.1. The van der Waals surface area contributed by atoms with E-state index in [0.717, 1.165) is 11.3 Å². The number of aromatic carboxylic acids is 1. The van der Waals surface area contributed by atoms with Crippen LogP contribution in [0.1, 0.15) is 27.1 Å². The normalized spacial score (nSPS) is 10.3. The molecule has 0 saturated heterocycles. The number of carbonyl (C=O) groups is 2. The highest BCUT2D eigenvalue weighted by Crippen LogP contribution is 2.27. The molecule has 0 fully saturated rings. The molecule has 6 heteroatoms. The Balaban J connectivity index is 2.55. The van der Waals surface area contributed by atoms with Crippen molar-refractivity contribution in [1.29, 1.82) is 0 Å². The van der Waals surface area contributed by atoms with E-state index in [0.29, 0.717) is 10.7 Å². The number of carbonyl (C=O) groups excluding carboxylic acids is 1. The Bertz CT molecular complexity index is 511. The van der Waals surface area contributed by atoms with Crippen molar-refractivity contribution in [2.75, 3.05) is 0 Å². The number of nitrogens with zero attached hydrogens (tertiary/aromatic N) is 1. The van der Waals surface area contributed by atoms with E-state index in [1.807, 2.05) is 0 Å². The van der Waals surface area contributed by atoms with Crippen LogP contribution in [0.25, 0.3) is 10.7 Å². The first-order chi connectivity index (χ1) is 7.59. The predicted octanol–water partition coefficient (Wildman–Crippen LogP) is 2.04. The summed E-state index contributed by atoms with van der Waals surface area (Å²) in [5, 5.41) is 9.41. The maximum atomic E-state index is 11.3. The number of hydrogen-bond donors (Lipinski definition) is 2. The third-order valence-corrected chi connectivity index (χ3v) is 3.17. The van der Waals surface area contributed by atoms with Gasteiger partial charge in [-0.1, -0.05) is 0 Å². The highest BCUT2D eigenvalue weighted by Gasteiger charge is 2.21. The van der Waals surface area contributed by atoms with E-state index in [9.17, 15) is 9.59 Å². The molecule has 2 aromatic heterocycles. The monoisotopic (exact) mass is 236 g/mol. The minimum Gasteiger partial charge on any atom is -0.476 e. The summed E-state index contributed by atoms with van der Waals surface area (Å²) in [6, 6.07) is 3.55. The molecule has 5 nitrogen and oxygen atoms in total. The minimum atomic E-state index is -1.18. The number of aromatic amines is 1. The molecule has 2 heterocycles. The molecule has 2 rings (SSSR count). The Morgan fingerprint density at radius 2 is 2.25 bits per heavy atom. The van der Waals surface area contributed by atoms with E-state index in [2.05, 4.69) is 9.97 Å². The van der Waals surface area contributed by atoms with Crippen LogP contribution in [-0.2, 0) is 0 Å². The number of hydrogen-bond acceptors (Lipinski definition) is 4. The van der Waals surface area contributed by atoms with E-state index in [4.69, 9.17) is 5.11 Å². The molecule has 0 atom stereocenters. The summed E-state index contributed by atoms with van der Waals surface area (Å²) in [7, 11) is 0. The number of Topliss-reactive ketones (excluding diaryl/α,β-unsaturated/α-hetero) is 1. The molecule has 0 spiro atoms. The van der Waals surface area contributed by atoms with Gasteiger partial charge in [-0.2, -0.15) is 0 Å². The van der Waals surface area contributed by atoms with Crippen molar-refractivity contribution in [3.63, 3.8) is 0 Å². The summed E-state index contributed by atoms with van der Waals surface area (Å²) in [5.74, 6) is -1.47. The van der Waals surface area contributed by atoms with Gasteiger partial charge in [0.15, 0.2) is 11.5 Å². The van der Waals surface area contributed by atoms with Gasteiger partial charge in [-0.05, 0) is 12.1 Å². The number of H-pyrrole nitrogens is 1. The summed E-state index contributed by atoms with van der Waals surface area (Å²) in [4.78, 5) is 29.2. The van der Waals surface area contributed by atoms with Gasteiger partial charge in [0.05, 0.1) is 5.69 Å². The van der Waals surface area contributed by atoms with Gasteiger partial charge in [0, 0.05) is 13.1 Å². The van der Waals surface area contributed by atoms with E-state index in [1.54, 1.807) is 18.3 Å². The largest absolute Gasteiger partial charge is 0.476 e. The molecule has 0 aliphatic carbocycles. The molecule has 2 N–H and O–H groups in total. The standard InChI is InChI=1S/C10H8N2O3S/c1-5(13)8-7(10(14)15)12-9(16-8)6-3-2-4-11-6/h2-4,11H,1H3,(H,14,15). The molecule has 16 heavy (non-hydrogen) atoms. The first-order valence-corrected chi connectivity index (χ1v) is 5.30. The number of nitrogens with one attached hydrogen (secondary N) is 1. The van der Waals surface area contributed by atoms with Crippen molar-refractivity contribution < 1.29 is 14.7 Å². The Kier molecular flexibility index (Phi) is 2.57. The van der Waals surface area contributed by atoms with E-state index in [-0.39, 0.29) is 16.4 Å². The van der Waals surface area contributed by atoms with Crippen molar-refractivity contribution >= 4 is 23.1 Å². The minimum absolute atomic E-state index is 0.178. The second-order valence-corrected chi connectivity index (χ2v) is 4.14. The Hall–Kier alpha value is -1.95.